The summed E-state index contributed by atoms with van der Waals surface area (Å²) in [7, 11) is 0. The van der Waals surface area contributed by atoms with Crippen molar-refractivity contribution in [1.29, 1.82) is 0 Å². The first-order valence-electron chi connectivity index (χ1n) is 6.48. The van der Waals surface area contributed by atoms with Gasteiger partial charge in [0.05, 0.1) is 9.72 Å². The highest BCUT2D eigenvalue weighted by atomic mass is 16.6. The topological polar surface area (TPSA) is 52.1 Å². The van der Waals surface area contributed by atoms with E-state index < -0.39 is 0 Å². The zero-order chi connectivity index (χ0) is 14.9. The Morgan fingerprint density at radius 3 is 1.05 bits per heavy atom. The molecule has 4 heteroatoms. The summed E-state index contributed by atoms with van der Waals surface area (Å²) < 4.78 is 0. The van der Waals surface area contributed by atoms with Crippen LogP contribution in [0.2, 0.25) is 0 Å². The summed E-state index contributed by atoms with van der Waals surface area (Å²) in [6.45, 7) is 7.60. The van der Waals surface area contributed by atoms with Gasteiger partial charge in [0.2, 0.25) is 0 Å². The Morgan fingerprint density at radius 2 is 0.800 bits per heavy atom. The van der Waals surface area contributed by atoms with Crippen molar-refractivity contribution in [2.45, 2.75) is 27.7 Å². The third-order valence-corrected chi connectivity index (χ3v) is 3.02. The fraction of sp³-hybridized carbons (Fsp3) is 0.250. The summed E-state index contributed by atoms with van der Waals surface area (Å²) in [5.74, 6) is 0. The second-order valence-corrected chi connectivity index (χ2v) is 5.24. The molecule has 4 nitrogen and oxygen atoms in total. The van der Waals surface area contributed by atoms with E-state index in [1.54, 1.807) is 24.3 Å². The van der Waals surface area contributed by atoms with Gasteiger partial charge in [-0.3, -0.25) is 0 Å². The van der Waals surface area contributed by atoms with Crippen molar-refractivity contribution in [3.63, 3.8) is 0 Å². The van der Waals surface area contributed by atoms with Crippen LogP contribution >= 0.6 is 0 Å². The Labute approximate surface area is 118 Å². The van der Waals surface area contributed by atoms with Crippen LogP contribution in [-0.2, 0) is 0 Å². The smallest absolute Gasteiger partial charge is 0.288 e. The zero-order valence-electron chi connectivity index (χ0n) is 12.2. The van der Waals surface area contributed by atoms with Crippen LogP contribution in [0.3, 0.4) is 0 Å². The van der Waals surface area contributed by atoms with E-state index in [1.165, 1.54) is 0 Å². The van der Waals surface area contributed by atoms with E-state index in [0.29, 0.717) is 21.1 Å². The molecular weight excluding hydrogens is 252 g/mol. The van der Waals surface area contributed by atoms with Gasteiger partial charge in [0.15, 0.2) is 0 Å². The van der Waals surface area contributed by atoms with Gasteiger partial charge in [-0.2, -0.15) is 0 Å². The van der Waals surface area contributed by atoms with Crippen LogP contribution in [0, 0.1) is 38.1 Å². The van der Waals surface area contributed by atoms with Gasteiger partial charge in [0.25, 0.3) is 11.4 Å². The molecule has 0 bridgehead atoms. The molecule has 0 unspecified atom stereocenters. The Balaban J connectivity index is 2.54. The molecule has 0 saturated heterocycles. The van der Waals surface area contributed by atoms with Crippen LogP contribution in [0.4, 0.5) is 11.4 Å². The molecule has 2 aromatic rings. The normalized spacial score (nSPS) is 12.2. The Hall–Kier alpha value is -2.36. The maximum Gasteiger partial charge on any atom is 0.288 e. The first kappa shape index (κ1) is 14.1. The molecule has 104 valence electrons. The number of rotatable bonds is 2. The fourth-order valence-electron chi connectivity index (χ4n) is 2.33. The molecule has 0 spiro atoms. The predicted molar refractivity (Wildman–Crippen MR) is 78.4 cm³/mol. The molecule has 0 aliphatic carbocycles. The molecule has 0 N–H and O–H groups in total. The van der Waals surface area contributed by atoms with E-state index >= 15 is 0 Å². The minimum atomic E-state index is 0.344. The number of benzene rings is 2. The third kappa shape index (κ3) is 2.96. The number of hydrogen-bond donors (Lipinski definition) is 0. The van der Waals surface area contributed by atoms with Crippen molar-refractivity contribution < 1.29 is 9.72 Å². The average Bonchev–Trinajstić information content (AvgIpc) is 2.34. The van der Waals surface area contributed by atoms with Crippen molar-refractivity contribution in [2.75, 3.05) is 0 Å². The number of nitrogens with zero attached hydrogens (tertiary/aromatic N) is 2. The largest absolute Gasteiger partial charge is 0.561 e. The van der Waals surface area contributed by atoms with Crippen molar-refractivity contribution in [1.82, 2.24) is 0 Å². The Kier molecular flexibility index (Phi) is 3.74. The lowest BCUT2D eigenvalue weighted by atomic mass is 10.1. The summed E-state index contributed by atoms with van der Waals surface area (Å²) in [5, 5.41) is 24.4. The van der Waals surface area contributed by atoms with E-state index in [9.17, 15) is 10.4 Å². The Bertz CT molecular complexity index is 591. The quantitative estimate of drug-likeness (QED) is 0.462. The van der Waals surface area contributed by atoms with Gasteiger partial charge < -0.3 is 10.4 Å². The first-order valence-corrected chi connectivity index (χ1v) is 6.48. The van der Waals surface area contributed by atoms with Crippen LogP contribution in [0.5, 0.6) is 0 Å². The van der Waals surface area contributed by atoms with Crippen molar-refractivity contribution in [2.24, 2.45) is 0 Å². The molecule has 0 fully saturated rings. The zero-order valence-corrected chi connectivity index (χ0v) is 12.2. The summed E-state index contributed by atoms with van der Waals surface area (Å²) in [6.07, 6.45) is 0. The summed E-state index contributed by atoms with van der Waals surface area (Å²) in [4.78, 5) is 0.766. The van der Waals surface area contributed by atoms with Crippen molar-refractivity contribution in [3.8, 4) is 0 Å². The van der Waals surface area contributed by atoms with Gasteiger partial charge in [-0.05, 0) is 49.9 Å². The van der Waals surface area contributed by atoms with Gasteiger partial charge in [0.1, 0.15) is 0 Å². The van der Waals surface area contributed by atoms with Crippen LogP contribution < -0.4 is 0 Å². The highest BCUT2D eigenvalue weighted by molar-refractivity contribution is 5.39. The summed E-state index contributed by atoms with van der Waals surface area (Å²) in [5.41, 5.74) is 4.50. The highest BCUT2D eigenvalue weighted by Crippen LogP contribution is 2.21. The predicted octanol–water partition coefficient (Wildman–Crippen LogP) is 4.36. The van der Waals surface area contributed by atoms with E-state index in [2.05, 4.69) is 0 Å². The lowest BCUT2D eigenvalue weighted by Gasteiger charge is -2.05. The monoisotopic (exact) mass is 270 g/mol. The Morgan fingerprint density at radius 1 is 0.550 bits per heavy atom. The van der Waals surface area contributed by atoms with Gasteiger partial charge in [-0.25, -0.2) is 0 Å². The van der Waals surface area contributed by atoms with E-state index in [4.69, 9.17) is 0 Å². The van der Waals surface area contributed by atoms with Crippen LogP contribution in [-0.4, -0.2) is 9.72 Å². The number of hydrogen-bond acceptors (Lipinski definition) is 2. The fourth-order valence-corrected chi connectivity index (χ4v) is 2.33. The van der Waals surface area contributed by atoms with Gasteiger partial charge in [-0.1, -0.05) is 12.1 Å². The minimum Gasteiger partial charge on any atom is -0.561 e. The maximum absolute atomic E-state index is 12.2. The average molecular weight is 270 g/mol. The molecule has 0 aromatic heterocycles. The third-order valence-electron chi connectivity index (χ3n) is 3.02. The van der Waals surface area contributed by atoms with E-state index in [-0.39, 0.29) is 0 Å². The summed E-state index contributed by atoms with van der Waals surface area (Å²) in [6, 6.07) is 10.7. The molecule has 0 aliphatic heterocycles. The molecule has 0 atom stereocenters. The molecule has 0 heterocycles. The van der Waals surface area contributed by atoms with Crippen LogP contribution in [0.25, 0.3) is 0 Å². The molecule has 2 aromatic carbocycles. The highest BCUT2D eigenvalue weighted by Gasteiger charge is 2.17. The number of aryl methyl sites for hydroxylation is 4. The van der Waals surface area contributed by atoms with Gasteiger partial charge >= 0.3 is 0 Å². The number of azo groups is 1. The van der Waals surface area contributed by atoms with Gasteiger partial charge in [0, 0.05) is 24.3 Å². The molecule has 0 aliphatic rings. The van der Waals surface area contributed by atoms with Crippen LogP contribution in [0.1, 0.15) is 22.3 Å². The molecule has 2 rings (SSSR count). The SMILES string of the molecule is Cc1cc(C)cc(/[N+]([O-])=[N+](\[O-])c2cc(C)cc(C)c2)c1. The van der Waals surface area contributed by atoms with E-state index in [1.807, 2.05) is 39.8 Å². The van der Waals surface area contributed by atoms with E-state index in [0.717, 1.165) is 22.3 Å². The van der Waals surface area contributed by atoms with Crippen molar-refractivity contribution in [3.05, 3.63) is 69.1 Å². The second-order valence-electron chi connectivity index (χ2n) is 5.24. The minimum absolute atomic E-state index is 0.344. The first-order chi connectivity index (χ1) is 9.36. The lowest BCUT2D eigenvalue weighted by Crippen LogP contribution is -2.09. The molecule has 0 amide bonds. The lowest BCUT2D eigenvalue weighted by molar-refractivity contribution is -0.896. The molecular formula is C16H18N2O2. The molecule has 20 heavy (non-hydrogen) atoms. The van der Waals surface area contributed by atoms with Gasteiger partial charge in [-0.15, -0.1) is 0 Å². The molecule has 0 radical (unpaired) electrons. The van der Waals surface area contributed by atoms with Crippen LogP contribution in [0.15, 0.2) is 36.4 Å². The molecule has 0 saturated carbocycles. The summed E-state index contributed by atoms with van der Waals surface area (Å²) >= 11 is 0. The second kappa shape index (κ2) is 5.33. The standard InChI is InChI=1S/C16H18N2O2/c1-11-5-12(2)8-15(7-11)17(19)18(20)16-9-13(3)6-14(4)10-16/h5-10H,1-4H3/b18-17+. The maximum atomic E-state index is 12.2. The van der Waals surface area contributed by atoms with Crippen molar-refractivity contribution >= 4 is 11.4 Å².